The van der Waals surface area contributed by atoms with Crippen LogP contribution >= 0.6 is 0 Å². The summed E-state index contributed by atoms with van der Waals surface area (Å²) in [6.07, 6.45) is 1.17. The summed E-state index contributed by atoms with van der Waals surface area (Å²) in [5.74, 6) is -0.626. The zero-order chi connectivity index (χ0) is 24.6. The smallest absolute Gasteiger partial charge is 0.243 e. The monoisotopic (exact) mass is 469 g/mol. The summed E-state index contributed by atoms with van der Waals surface area (Å²) in [4.78, 5) is 28.8. The third-order valence-electron chi connectivity index (χ3n) is 6.54. The van der Waals surface area contributed by atoms with Gasteiger partial charge in [0.1, 0.15) is 5.82 Å². The summed E-state index contributed by atoms with van der Waals surface area (Å²) < 4.78 is 13.7. The third kappa shape index (κ3) is 4.69. The van der Waals surface area contributed by atoms with Crippen LogP contribution < -0.4 is 15.5 Å². The minimum atomic E-state index is -0.441. The normalized spacial score (nSPS) is 18.8. The van der Waals surface area contributed by atoms with Gasteiger partial charge in [-0.05, 0) is 47.7 Å². The average molecular weight is 470 g/mol. The maximum Gasteiger partial charge on any atom is 0.243 e. The van der Waals surface area contributed by atoms with Gasteiger partial charge in [-0.2, -0.15) is 0 Å². The molecule has 0 aromatic heterocycles. The Hall–Kier alpha value is -3.93. The summed E-state index contributed by atoms with van der Waals surface area (Å²) in [6, 6.07) is 23.0. The number of nitrogens with zero attached hydrogens (tertiary/aromatic N) is 1. The second-order valence-corrected chi connectivity index (χ2v) is 9.97. The van der Waals surface area contributed by atoms with Gasteiger partial charge in [0.25, 0.3) is 0 Å². The highest BCUT2D eigenvalue weighted by molar-refractivity contribution is 6.02. The molecule has 0 radical (unpaired) electrons. The van der Waals surface area contributed by atoms with Crippen molar-refractivity contribution >= 4 is 28.8 Å². The van der Waals surface area contributed by atoms with Gasteiger partial charge in [0.2, 0.25) is 5.91 Å². The number of anilines is 3. The minimum absolute atomic E-state index is 0.0117. The molecular weight excluding hydrogens is 441 g/mol. The Balaban J connectivity index is 1.62. The Kier molecular flexibility index (Phi) is 5.89. The van der Waals surface area contributed by atoms with Crippen molar-refractivity contribution in [2.45, 2.75) is 32.7 Å². The number of allylic oxidation sites excluding steroid dienone is 1. The first kappa shape index (κ1) is 22.8. The van der Waals surface area contributed by atoms with Crippen molar-refractivity contribution in [1.82, 2.24) is 0 Å². The third-order valence-corrected chi connectivity index (χ3v) is 6.54. The van der Waals surface area contributed by atoms with Crippen LogP contribution in [0.2, 0.25) is 0 Å². The maximum absolute atomic E-state index is 13.7. The molecule has 0 saturated heterocycles. The van der Waals surface area contributed by atoms with Crippen LogP contribution in [0.4, 0.5) is 21.5 Å². The van der Waals surface area contributed by atoms with E-state index >= 15 is 0 Å². The number of para-hydroxylation sites is 2. The van der Waals surface area contributed by atoms with E-state index in [0.29, 0.717) is 17.7 Å². The van der Waals surface area contributed by atoms with E-state index in [1.165, 1.54) is 12.1 Å². The summed E-state index contributed by atoms with van der Waals surface area (Å²) in [7, 11) is 0. The summed E-state index contributed by atoms with van der Waals surface area (Å²) >= 11 is 0. The van der Waals surface area contributed by atoms with Crippen molar-refractivity contribution in [3.8, 4) is 0 Å². The lowest BCUT2D eigenvalue weighted by Crippen LogP contribution is -2.40. The molecule has 2 aliphatic rings. The molecule has 0 fully saturated rings. The van der Waals surface area contributed by atoms with Crippen molar-refractivity contribution in [3.63, 3.8) is 0 Å². The SMILES string of the molecule is CC1(C)CC(=O)C2=C(C1)Nc1ccccc1N(CC(=O)Nc1cccc(F)c1)[C@@H]2c1ccccc1. The number of ketones is 1. The lowest BCUT2D eigenvalue weighted by molar-refractivity contribution is -0.119. The Bertz CT molecular complexity index is 1320. The van der Waals surface area contributed by atoms with Crippen LogP contribution in [0.1, 0.15) is 38.3 Å². The number of carbonyl (C=O) groups is 2. The van der Waals surface area contributed by atoms with Gasteiger partial charge < -0.3 is 15.5 Å². The molecule has 1 atom stereocenters. The van der Waals surface area contributed by atoms with Gasteiger partial charge in [0.15, 0.2) is 5.78 Å². The fourth-order valence-electron chi connectivity index (χ4n) is 5.13. The van der Waals surface area contributed by atoms with E-state index in [4.69, 9.17) is 0 Å². The highest BCUT2D eigenvalue weighted by Crippen LogP contribution is 2.48. The Morgan fingerprint density at radius 1 is 1.03 bits per heavy atom. The topological polar surface area (TPSA) is 61.4 Å². The molecule has 178 valence electrons. The molecule has 0 saturated carbocycles. The molecule has 35 heavy (non-hydrogen) atoms. The quantitative estimate of drug-likeness (QED) is 0.486. The minimum Gasteiger partial charge on any atom is -0.357 e. The molecular formula is C29H28FN3O2. The van der Waals surface area contributed by atoms with E-state index in [2.05, 4.69) is 24.5 Å². The maximum atomic E-state index is 13.7. The molecule has 0 spiro atoms. The number of hydrogen-bond acceptors (Lipinski definition) is 4. The van der Waals surface area contributed by atoms with Crippen LogP contribution in [-0.4, -0.2) is 18.2 Å². The summed E-state index contributed by atoms with van der Waals surface area (Å²) in [6.45, 7) is 4.20. The molecule has 2 N–H and O–H groups in total. The Morgan fingerprint density at radius 2 is 1.77 bits per heavy atom. The van der Waals surface area contributed by atoms with E-state index < -0.39 is 11.9 Å². The van der Waals surface area contributed by atoms with Crippen molar-refractivity contribution in [2.24, 2.45) is 5.41 Å². The van der Waals surface area contributed by atoms with Gasteiger partial charge in [-0.15, -0.1) is 0 Å². The number of rotatable bonds is 4. The van der Waals surface area contributed by atoms with Gasteiger partial charge in [0.05, 0.1) is 24.0 Å². The standard InChI is InChI=1S/C29H28FN3O2/c1-29(2)16-23-27(25(34)17-29)28(19-9-4-3-5-10-19)33(24-14-7-6-13-22(24)32-23)18-26(35)31-21-12-8-11-20(30)15-21/h3-15,28,32H,16-18H2,1-2H3,(H,31,35)/t28-/m1/s1. The van der Waals surface area contributed by atoms with Crippen molar-refractivity contribution in [2.75, 3.05) is 22.1 Å². The van der Waals surface area contributed by atoms with Crippen molar-refractivity contribution in [3.05, 3.63) is 102 Å². The largest absolute Gasteiger partial charge is 0.357 e. The Labute approximate surface area is 204 Å². The van der Waals surface area contributed by atoms with Gasteiger partial charge in [0, 0.05) is 23.4 Å². The number of amides is 1. The highest BCUT2D eigenvalue weighted by Gasteiger charge is 2.41. The number of carbonyl (C=O) groups excluding carboxylic acids is 2. The molecule has 1 aliphatic heterocycles. The number of halogens is 1. The zero-order valence-corrected chi connectivity index (χ0v) is 19.8. The van der Waals surface area contributed by atoms with Gasteiger partial charge in [-0.1, -0.05) is 62.4 Å². The van der Waals surface area contributed by atoms with E-state index in [-0.39, 0.29) is 23.7 Å². The molecule has 1 amide bonds. The first-order valence-corrected chi connectivity index (χ1v) is 11.8. The molecule has 6 heteroatoms. The average Bonchev–Trinajstić information content (AvgIpc) is 2.93. The van der Waals surface area contributed by atoms with E-state index in [1.807, 2.05) is 59.5 Å². The number of fused-ring (bicyclic) bond motifs is 1. The molecule has 3 aromatic carbocycles. The van der Waals surface area contributed by atoms with E-state index in [9.17, 15) is 14.0 Å². The summed E-state index contributed by atoms with van der Waals surface area (Å²) in [5.41, 5.74) is 4.44. The van der Waals surface area contributed by atoms with Crippen LogP contribution in [0.3, 0.4) is 0 Å². The molecule has 5 nitrogen and oxygen atoms in total. The predicted octanol–water partition coefficient (Wildman–Crippen LogP) is 6.08. The summed E-state index contributed by atoms with van der Waals surface area (Å²) in [5, 5.41) is 6.35. The fourth-order valence-corrected chi connectivity index (χ4v) is 5.13. The molecule has 1 aliphatic carbocycles. The van der Waals surface area contributed by atoms with Crippen LogP contribution in [0.25, 0.3) is 0 Å². The first-order chi connectivity index (χ1) is 16.8. The predicted molar refractivity (Wildman–Crippen MR) is 137 cm³/mol. The molecule has 3 aromatic rings. The molecule has 5 rings (SSSR count). The van der Waals surface area contributed by atoms with Crippen LogP contribution in [0.5, 0.6) is 0 Å². The second-order valence-electron chi connectivity index (χ2n) is 9.97. The van der Waals surface area contributed by atoms with Crippen molar-refractivity contribution in [1.29, 1.82) is 0 Å². The van der Waals surface area contributed by atoms with Crippen LogP contribution in [0.15, 0.2) is 90.1 Å². The Morgan fingerprint density at radius 3 is 2.54 bits per heavy atom. The number of benzene rings is 3. The molecule has 0 bridgehead atoms. The number of nitrogens with one attached hydrogen (secondary N) is 2. The lowest BCUT2D eigenvalue weighted by Gasteiger charge is -2.37. The fraction of sp³-hybridized carbons (Fsp3) is 0.241. The van der Waals surface area contributed by atoms with Crippen LogP contribution in [-0.2, 0) is 9.59 Å². The van der Waals surface area contributed by atoms with Gasteiger partial charge >= 0.3 is 0 Å². The van der Waals surface area contributed by atoms with E-state index in [0.717, 1.165) is 29.1 Å². The second kappa shape index (κ2) is 9.02. The highest BCUT2D eigenvalue weighted by atomic mass is 19.1. The van der Waals surface area contributed by atoms with Crippen LogP contribution in [0, 0.1) is 11.2 Å². The number of hydrogen-bond donors (Lipinski definition) is 2. The lowest BCUT2D eigenvalue weighted by atomic mass is 9.73. The molecule has 1 heterocycles. The molecule has 0 unspecified atom stereocenters. The number of Topliss-reactive ketones (excluding diaryl/α,β-unsaturated/α-hetero) is 1. The van der Waals surface area contributed by atoms with E-state index in [1.54, 1.807) is 12.1 Å². The van der Waals surface area contributed by atoms with Gasteiger partial charge in [-0.3, -0.25) is 9.59 Å². The van der Waals surface area contributed by atoms with Crippen molar-refractivity contribution < 1.29 is 14.0 Å². The van der Waals surface area contributed by atoms with Gasteiger partial charge in [-0.25, -0.2) is 4.39 Å². The zero-order valence-electron chi connectivity index (χ0n) is 19.8. The first-order valence-electron chi connectivity index (χ1n) is 11.8.